The van der Waals surface area contributed by atoms with Crippen LogP contribution in [-0.2, 0) is 11.3 Å². The Hall–Kier alpha value is -2.21. The molecule has 1 saturated carbocycles. The molecule has 1 aromatic heterocycles. The van der Waals surface area contributed by atoms with Crippen molar-refractivity contribution in [3.05, 3.63) is 47.5 Å². The number of hydrogen-bond donors (Lipinski definition) is 1. The summed E-state index contributed by atoms with van der Waals surface area (Å²) in [4.78, 5) is 21.7. The molecule has 0 spiro atoms. The minimum Gasteiger partial charge on any atom is -0.340 e. The van der Waals surface area contributed by atoms with Gasteiger partial charge in [-0.1, -0.05) is 30.3 Å². The first-order valence-corrected chi connectivity index (χ1v) is 9.16. The number of aromatic nitrogens is 3. The van der Waals surface area contributed by atoms with E-state index in [2.05, 4.69) is 44.3 Å². The van der Waals surface area contributed by atoms with E-state index in [0.29, 0.717) is 12.5 Å². The number of aryl methyl sites for hydroxylation is 1. The summed E-state index contributed by atoms with van der Waals surface area (Å²) in [5.74, 6) is 2.19. The van der Waals surface area contributed by atoms with Crippen LogP contribution in [0.3, 0.4) is 0 Å². The normalized spacial score (nSPS) is 22.0. The highest BCUT2D eigenvalue weighted by atomic mass is 16.2. The molecule has 6 heteroatoms. The number of aromatic amines is 1. The highest BCUT2D eigenvalue weighted by Crippen LogP contribution is 2.33. The molecule has 1 amide bonds. The van der Waals surface area contributed by atoms with E-state index >= 15 is 0 Å². The number of carbonyl (C=O) groups excluding carboxylic acids is 1. The highest BCUT2D eigenvalue weighted by molar-refractivity contribution is 5.81. The molecule has 4 rings (SSSR count). The summed E-state index contributed by atoms with van der Waals surface area (Å²) >= 11 is 0. The molecular weight excluding hydrogens is 314 g/mol. The summed E-state index contributed by atoms with van der Waals surface area (Å²) in [6.45, 7) is 5.23. The van der Waals surface area contributed by atoms with Gasteiger partial charge in [0, 0.05) is 32.1 Å². The van der Waals surface area contributed by atoms with Gasteiger partial charge in [-0.2, -0.15) is 5.10 Å². The fourth-order valence-corrected chi connectivity index (χ4v) is 3.59. The van der Waals surface area contributed by atoms with Gasteiger partial charge in [-0.05, 0) is 31.7 Å². The van der Waals surface area contributed by atoms with Crippen LogP contribution in [0.25, 0.3) is 0 Å². The fraction of sp³-hybridized carbons (Fsp3) is 0.526. The van der Waals surface area contributed by atoms with Gasteiger partial charge in [-0.3, -0.25) is 14.8 Å². The Balaban J connectivity index is 1.58. The van der Waals surface area contributed by atoms with Gasteiger partial charge < -0.3 is 4.90 Å². The van der Waals surface area contributed by atoms with Gasteiger partial charge in [0.05, 0.1) is 6.04 Å². The number of nitrogens with zero attached hydrogens (tertiary/aromatic N) is 4. The lowest BCUT2D eigenvalue weighted by atomic mass is 10.1. The minimum absolute atomic E-state index is 0.0374. The number of nitrogens with one attached hydrogen (secondary N) is 1. The molecule has 1 unspecified atom stereocenters. The van der Waals surface area contributed by atoms with E-state index in [1.54, 1.807) is 0 Å². The second-order valence-corrected chi connectivity index (χ2v) is 7.16. The largest absolute Gasteiger partial charge is 0.340 e. The molecular formula is C19H25N5O. The van der Waals surface area contributed by atoms with E-state index in [0.717, 1.165) is 50.5 Å². The van der Waals surface area contributed by atoms with Gasteiger partial charge in [-0.15, -0.1) is 0 Å². The number of benzene rings is 1. The molecule has 2 aliphatic rings. The van der Waals surface area contributed by atoms with Crippen LogP contribution in [0, 0.1) is 12.8 Å². The van der Waals surface area contributed by atoms with Crippen LogP contribution in [0.15, 0.2) is 30.3 Å². The van der Waals surface area contributed by atoms with Crippen molar-refractivity contribution in [3.63, 3.8) is 0 Å². The average molecular weight is 339 g/mol. The number of amides is 1. The van der Waals surface area contributed by atoms with Gasteiger partial charge in [0.1, 0.15) is 5.82 Å². The topological polar surface area (TPSA) is 65.1 Å². The summed E-state index contributed by atoms with van der Waals surface area (Å²) in [5, 5.41) is 7.37. The Morgan fingerprint density at radius 1 is 1.24 bits per heavy atom. The van der Waals surface area contributed by atoms with Crippen molar-refractivity contribution in [2.24, 2.45) is 5.92 Å². The zero-order valence-electron chi connectivity index (χ0n) is 14.7. The predicted molar refractivity (Wildman–Crippen MR) is 94.6 cm³/mol. The van der Waals surface area contributed by atoms with Crippen molar-refractivity contribution in [1.29, 1.82) is 0 Å². The monoisotopic (exact) mass is 339 g/mol. The fourth-order valence-electron chi connectivity index (χ4n) is 3.59. The Bertz CT molecular complexity index is 724. The van der Waals surface area contributed by atoms with E-state index in [1.165, 1.54) is 5.56 Å². The molecule has 2 aromatic rings. The third-order valence-electron chi connectivity index (χ3n) is 5.09. The number of H-pyrrole nitrogens is 1. The van der Waals surface area contributed by atoms with E-state index < -0.39 is 0 Å². The predicted octanol–water partition coefficient (Wildman–Crippen LogP) is 2.30. The van der Waals surface area contributed by atoms with E-state index in [4.69, 9.17) is 0 Å². The Morgan fingerprint density at radius 3 is 2.72 bits per heavy atom. The van der Waals surface area contributed by atoms with Crippen LogP contribution >= 0.6 is 0 Å². The quantitative estimate of drug-likeness (QED) is 0.928. The molecule has 2 heterocycles. The second kappa shape index (κ2) is 6.96. The SMILES string of the molecule is Cc1nc(C2CN(C(=O)C3CC3)CCCN2Cc2ccccc2)n[nH]1. The Labute approximate surface area is 148 Å². The second-order valence-electron chi connectivity index (χ2n) is 7.16. The summed E-state index contributed by atoms with van der Waals surface area (Å²) in [6, 6.07) is 10.5. The molecule has 1 aliphatic carbocycles. The van der Waals surface area contributed by atoms with Crippen LogP contribution in [-0.4, -0.2) is 50.5 Å². The molecule has 0 radical (unpaired) electrons. The van der Waals surface area contributed by atoms with E-state index in [9.17, 15) is 4.79 Å². The molecule has 1 aliphatic heterocycles. The average Bonchev–Trinajstić information content (AvgIpc) is 3.41. The van der Waals surface area contributed by atoms with Gasteiger partial charge in [-0.25, -0.2) is 4.98 Å². The number of carbonyl (C=O) groups is 1. The first kappa shape index (κ1) is 16.3. The van der Waals surface area contributed by atoms with Gasteiger partial charge in [0.15, 0.2) is 5.82 Å². The number of rotatable bonds is 4. The van der Waals surface area contributed by atoms with Gasteiger partial charge >= 0.3 is 0 Å². The molecule has 1 saturated heterocycles. The van der Waals surface area contributed by atoms with Crippen molar-refractivity contribution in [2.75, 3.05) is 19.6 Å². The molecule has 2 fully saturated rings. The third kappa shape index (κ3) is 3.74. The summed E-state index contributed by atoms with van der Waals surface area (Å²) < 4.78 is 0. The molecule has 1 atom stereocenters. The first-order valence-electron chi connectivity index (χ1n) is 9.16. The maximum Gasteiger partial charge on any atom is 0.225 e. The van der Waals surface area contributed by atoms with Crippen LogP contribution in [0.5, 0.6) is 0 Å². The van der Waals surface area contributed by atoms with Crippen molar-refractivity contribution in [2.45, 2.75) is 38.8 Å². The zero-order valence-corrected chi connectivity index (χ0v) is 14.7. The molecule has 132 valence electrons. The molecule has 0 bridgehead atoms. The van der Waals surface area contributed by atoms with Crippen LogP contribution in [0.4, 0.5) is 0 Å². The van der Waals surface area contributed by atoms with Gasteiger partial charge in [0.25, 0.3) is 0 Å². The lowest BCUT2D eigenvalue weighted by Gasteiger charge is -2.30. The molecule has 25 heavy (non-hydrogen) atoms. The summed E-state index contributed by atoms with van der Waals surface area (Å²) in [6.07, 6.45) is 3.09. The molecule has 1 N–H and O–H groups in total. The van der Waals surface area contributed by atoms with Crippen molar-refractivity contribution < 1.29 is 4.79 Å². The smallest absolute Gasteiger partial charge is 0.225 e. The Morgan fingerprint density at radius 2 is 2.04 bits per heavy atom. The van der Waals surface area contributed by atoms with Crippen molar-refractivity contribution in [1.82, 2.24) is 25.0 Å². The standard InChI is InChI=1S/C19H25N5O/c1-14-20-18(22-21-14)17-13-24(19(25)16-8-9-16)11-5-10-23(17)12-15-6-3-2-4-7-15/h2-4,6-7,16-17H,5,8-13H2,1H3,(H,20,21,22). The van der Waals surface area contributed by atoms with Crippen molar-refractivity contribution >= 4 is 5.91 Å². The van der Waals surface area contributed by atoms with E-state index in [1.807, 2.05) is 17.9 Å². The maximum atomic E-state index is 12.6. The maximum absolute atomic E-state index is 12.6. The van der Waals surface area contributed by atoms with Crippen LogP contribution in [0.2, 0.25) is 0 Å². The van der Waals surface area contributed by atoms with Crippen LogP contribution in [0.1, 0.15) is 42.5 Å². The first-order chi connectivity index (χ1) is 12.2. The minimum atomic E-state index is 0.0374. The van der Waals surface area contributed by atoms with Crippen molar-refractivity contribution in [3.8, 4) is 0 Å². The zero-order chi connectivity index (χ0) is 17.2. The Kier molecular flexibility index (Phi) is 4.53. The highest BCUT2D eigenvalue weighted by Gasteiger charge is 2.37. The summed E-state index contributed by atoms with van der Waals surface area (Å²) in [7, 11) is 0. The molecule has 1 aromatic carbocycles. The lowest BCUT2D eigenvalue weighted by molar-refractivity contribution is -0.132. The molecule has 6 nitrogen and oxygen atoms in total. The summed E-state index contributed by atoms with van der Waals surface area (Å²) in [5.41, 5.74) is 1.28. The van der Waals surface area contributed by atoms with Crippen LogP contribution < -0.4 is 0 Å². The number of hydrogen-bond acceptors (Lipinski definition) is 4. The van der Waals surface area contributed by atoms with E-state index in [-0.39, 0.29) is 12.0 Å². The van der Waals surface area contributed by atoms with Gasteiger partial charge in [0.2, 0.25) is 5.91 Å². The lowest BCUT2D eigenvalue weighted by Crippen LogP contribution is -2.38. The third-order valence-corrected chi connectivity index (χ3v) is 5.09.